The molecule has 3 heterocycles. The summed E-state index contributed by atoms with van der Waals surface area (Å²) in [5.74, 6) is 0. The van der Waals surface area contributed by atoms with Gasteiger partial charge in [0, 0.05) is 36.4 Å². The predicted molar refractivity (Wildman–Crippen MR) is 127 cm³/mol. The molecule has 25 heteroatoms. The van der Waals surface area contributed by atoms with E-state index in [1.165, 1.54) is 17.1 Å². The van der Waals surface area contributed by atoms with E-state index in [1.54, 1.807) is 0 Å². The van der Waals surface area contributed by atoms with E-state index in [9.17, 15) is 51.5 Å². The van der Waals surface area contributed by atoms with E-state index in [1.807, 2.05) is 36.8 Å². The molecular formula is C20H21F12N4O6PS2. The van der Waals surface area contributed by atoms with Crippen LogP contribution in [0.5, 0.6) is 0 Å². The predicted octanol–water partition coefficient (Wildman–Crippen LogP) is 4.82. The minimum atomic E-state index is -10.7. The maximum atomic E-state index is 10.7. The first-order chi connectivity index (χ1) is 19.8. The Labute approximate surface area is 246 Å². The summed E-state index contributed by atoms with van der Waals surface area (Å²) in [7, 11) is -22.8. The van der Waals surface area contributed by atoms with E-state index in [0.717, 1.165) is 19.6 Å². The van der Waals surface area contributed by atoms with Gasteiger partial charge in [0.15, 0.2) is 55.9 Å². The molecule has 0 radical (unpaired) electrons. The Morgan fingerprint density at radius 1 is 0.556 bits per heavy atom. The maximum Gasteiger partial charge on any atom is 0.485 e. The number of hydrogen-bond acceptors (Lipinski definition) is 7. The Hall–Kier alpha value is -3.18. The number of alkyl halides is 6. The third-order valence-electron chi connectivity index (χ3n) is 4.07. The van der Waals surface area contributed by atoms with Gasteiger partial charge < -0.3 is 9.11 Å². The first-order valence-electron chi connectivity index (χ1n) is 11.0. The second-order valence-electron chi connectivity index (χ2n) is 8.07. The zero-order valence-corrected chi connectivity index (χ0v) is 24.3. The Morgan fingerprint density at radius 3 is 0.889 bits per heavy atom. The maximum absolute atomic E-state index is 10.7. The van der Waals surface area contributed by atoms with Crippen LogP contribution in [0.2, 0.25) is 0 Å². The molecule has 10 nitrogen and oxygen atoms in total. The standard InChI is InChI=1S/C18H18N4.2CHF3O3S.F6P/c1-4-10-19-16(7-1)13-22(14-17-8-2-5-11-20-17)15-18-9-3-6-12-21-18;2*2-1(3,4)8(5,6)7;1-7(2,3,4,5)6/h1-12H,13-15H2;2*(H,5,6,7);/q;;;-1/p+1. The molecule has 258 valence electrons. The van der Waals surface area contributed by atoms with Gasteiger partial charge in [0.1, 0.15) is 0 Å². The smallest absolute Gasteiger partial charge is 0.485 e. The van der Waals surface area contributed by atoms with Crippen molar-refractivity contribution in [2.45, 2.75) is 30.7 Å². The zero-order valence-electron chi connectivity index (χ0n) is 21.7. The number of pyridine rings is 3. The van der Waals surface area contributed by atoms with Crippen molar-refractivity contribution in [3.05, 3.63) is 90.3 Å². The van der Waals surface area contributed by atoms with E-state index >= 15 is 0 Å². The van der Waals surface area contributed by atoms with Crippen molar-refractivity contribution in [1.29, 1.82) is 0 Å². The molecule has 0 bridgehead atoms. The third kappa shape index (κ3) is 23.8. The van der Waals surface area contributed by atoms with Crippen LogP contribution in [0.3, 0.4) is 0 Å². The van der Waals surface area contributed by atoms with Crippen molar-refractivity contribution < 1.29 is 92.4 Å². The molecule has 3 rings (SSSR count). The van der Waals surface area contributed by atoms with Gasteiger partial charge in [-0.2, -0.15) is 26.3 Å². The molecule has 0 atom stereocenters. The van der Waals surface area contributed by atoms with Crippen molar-refractivity contribution in [3.63, 3.8) is 0 Å². The van der Waals surface area contributed by atoms with Crippen LogP contribution in [0, 0.1) is 0 Å². The van der Waals surface area contributed by atoms with Crippen LogP contribution in [0.1, 0.15) is 17.1 Å². The molecule has 3 aromatic rings. The van der Waals surface area contributed by atoms with Crippen molar-refractivity contribution in [2.75, 3.05) is 0 Å². The summed E-state index contributed by atoms with van der Waals surface area (Å²) in [6.07, 6.45) is 5.91. The van der Waals surface area contributed by atoms with Gasteiger partial charge in [-0.05, 0) is 0 Å². The molecule has 0 spiro atoms. The monoisotopic (exact) mass is 736 g/mol. The van der Waals surface area contributed by atoms with Crippen LogP contribution < -0.4 is 15.0 Å². The number of nitrogens with one attached hydrogen (secondary N) is 3. The molecule has 0 aliphatic rings. The van der Waals surface area contributed by atoms with Crippen LogP contribution in [-0.2, 0) is 39.9 Å². The van der Waals surface area contributed by atoms with Gasteiger partial charge in [-0.15, -0.1) is 0 Å². The molecule has 3 aromatic heterocycles. The van der Waals surface area contributed by atoms with Crippen LogP contribution in [0.25, 0.3) is 0 Å². The minimum absolute atomic E-state index is 0.867. The summed E-state index contributed by atoms with van der Waals surface area (Å²) in [6.45, 7) is 2.60. The summed E-state index contributed by atoms with van der Waals surface area (Å²) in [5, 5.41) is 0. The first kappa shape index (κ1) is 41.8. The van der Waals surface area contributed by atoms with Crippen molar-refractivity contribution in [2.24, 2.45) is 0 Å². The van der Waals surface area contributed by atoms with E-state index < -0.39 is 39.1 Å². The van der Waals surface area contributed by atoms with Gasteiger partial charge in [-0.25, -0.2) is 31.8 Å². The van der Waals surface area contributed by atoms with Gasteiger partial charge in [0.05, 0.1) is 19.6 Å². The second kappa shape index (κ2) is 14.9. The van der Waals surface area contributed by atoms with E-state index in [0.29, 0.717) is 0 Å². The molecule has 0 aromatic carbocycles. The summed E-state index contributed by atoms with van der Waals surface area (Å²) >= 11 is 0. The van der Waals surface area contributed by atoms with Crippen molar-refractivity contribution in [3.8, 4) is 0 Å². The third-order valence-corrected chi connectivity index (χ3v) is 5.20. The number of H-pyrrole nitrogens is 3. The Balaban J connectivity index is 0.000000695. The van der Waals surface area contributed by atoms with Gasteiger partial charge >= 0.3 is 44.0 Å². The second-order valence-corrected chi connectivity index (χ2v) is 12.7. The molecule has 3 N–H and O–H groups in total. The molecule has 0 saturated carbocycles. The molecule has 0 amide bonds. The fraction of sp³-hybridized carbons (Fsp3) is 0.250. The summed E-state index contributed by atoms with van der Waals surface area (Å²) < 4.78 is 177. The number of aromatic nitrogens is 3. The zero-order chi connectivity index (χ0) is 35.4. The normalized spacial score (nSPS) is 13.8. The number of hydrogen-bond donors (Lipinski definition) is 0. The SMILES string of the molecule is F[P-](F)(F)(F)(F)F.O=S(=O)([O-])C(F)(F)F.O=S(=O)([O-])C(F)(F)F.c1ccc(CN(Cc2cccc[nH+]2)Cc2cccc[nH+]2)[nH+]c1. The summed E-state index contributed by atoms with van der Waals surface area (Å²) in [6, 6.07) is 18.6. The quantitative estimate of drug-likeness (QED) is 0.152. The number of rotatable bonds is 6. The van der Waals surface area contributed by atoms with Gasteiger partial charge in [-0.1, -0.05) is 18.2 Å². The largest absolute Gasteiger partial charge is 0.741 e. The van der Waals surface area contributed by atoms with Crippen LogP contribution in [0.15, 0.2) is 73.2 Å². The van der Waals surface area contributed by atoms with Crippen LogP contribution in [0.4, 0.5) is 51.5 Å². The Bertz CT molecular complexity index is 1380. The average Bonchev–Trinajstić information content (AvgIpc) is 2.82. The molecule has 0 saturated heterocycles. The summed E-state index contributed by atoms with van der Waals surface area (Å²) in [4.78, 5) is 12.3. The number of nitrogens with zero attached hydrogens (tertiary/aromatic N) is 1. The molecule has 0 fully saturated rings. The Morgan fingerprint density at radius 2 is 0.756 bits per heavy atom. The van der Waals surface area contributed by atoms with Gasteiger partial charge in [0.25, 0.3) is 0 Å². The van der Waals surface area contributed by atoms with Gasteiger partial charge in [-0.3, -0.25) is 4.90 Å². The molecule has 0 aliphatic carbocycles. The van der Waals surface area contributed by atoms with Crippen LogP contribution >= 0.6 is 7.81 Å². The molecule has 0 unspecified atom stereocenters. The fourth-order valence-corrected chi connectivity index (χ4v) is 2.48. The van der Waals surface area contributed by atoms with E-state index in [4.69, 9.17) is 25.9 Å². The van der Waals surface area contributed by atoms with Gasteiger partial charge in [0.2, 0.25) is 0 Å². The first-order valence-corrected chi connectivity index (χ1v) is 15.9. The molecule has 0 aliphatic heterocycles. The fourth-order valence-electron chi connectivity index (χ4n) is 2.48. The molecular weight excluding hydrogens is 715 g/mol. The topological polar surface area (TPSA) is 160 Å². The number of aromatic amines is 3. The van der Waals surface area contributed by atoms with E-state index in [-0.39, 0.29) is 0 Å². The molecule has 45 heavy (non-hydrogen) atoms. The van der Waals surface area contributed by atoms with Crippen molar-refractivity contribution >= 4 is 28.0 Å². The summed E-state index contributed by atoms with van der Waals surface area (Å²) in [5.41, 5.74) is -7.68. The number of halogens is 12. The van der Waals surface area contributed by atoms with Crippen LogP contribution in [-0.4, -0.2) is 41.9 Å². The van der Waals surface area contributed by atoms with E-state index in [2.05, 4.69) is 56.3 Å². The van der Waals surface area contributed by atoms with Crippen molar-refractivity contribution in [1.82, 2.24) is 4.90 Å². The average molecular weight is 736 g/mol. The minimum Gasteiger partial charge on any atom is -0.741 e. The Kier molecular flexibility index (Phi) is 13.9.